The number of nitrogens with zero attached hydrogens (tertiary/aromatic N) is 2. The van der Waals surface area contributed by atoms with Crippen LogP contribution >= 0.6 is 0 Å². The Morgan fingerprint density at radius 2 is 2.05 bits per heavy atom. The molecular weight excluding hydrogens is 270 g/mol. The second-order valence-electron chi connectivity index (χ2n) is 5.17. The molecule has 0 fully saturated rings. The van der Waals surface area contributed by atoms with E-state index in [9.17, 15) is 14.7 Å². The first-order valence-corrected chi connectivity index (χ1v) is 6.66. The number of aromatic amines is 1. The van der Waals surface area contributed by atoms with E-state index >= 15 is 0 Å². The van der Waals surface area contributed by atoms with Crippen LogP contribution in [0.2, 0.25) is 0 Å². The van der Waals surface area contributed by atoms with Gasteiger partial charge < -0.3 is 5.11 Å². The van der Waals surface area contributed by atoms with Crippen LogP contribution in [0.3, 0.4) is 0 Å². The number of para-hydroxylation sites is 1. The van der Waals surface area contributed by atoms with Crippen molar-refractivity contribution >= 4 is 17.6 Å². The number of anilines is 1. The van der Waals surface area contributed by atoms with E-state index in [0.717, 1.165) is 5.56 Å². The zero-order valence-corrected chi connectivity index (χ0v) is 11.8. The Hall–Kier alpha value is -2.63. The fourth-order valence-electron chi connectivity index (χ4n) is 2.82. The van der Waals surface area contributed by atoms with Crippen LogP contribution in [0.4, 0.5) is 5.69 Å². The normalized spacial score (nSPS) is 16.9. The summed E-state index contributed by atoms with van der Waals surface area (Å²) in [6.45, 7) is 3.49. The average molecular weight is 285 g/mol. The highest BCUT2D eigenvalue weighted by Crippen LogP contribution is 2.34. The standard InChI is InChI=1S/C15H15N3O3/c1-8-13(9(2)17-16-8)14(19)18-11-6-4-3-5-10(11)7-12(18)15(20)21/h3-6,12H,7H2,1-2H3,(H,16,17)(H,20,21)/t12-/m0/s1. The van der Waals surface area contributed by atoms with Gasteiger partial charge in [-0.3, -0.25) is 14.8 Å². The molecule has 0 spiro atoms. The molecule has 6 heteroatoms. The van der Waals surface area contributed by atoms with Crippen molar-refractivity contribution in [2.45, 2.75) is 26.3 Å². The average Bonchev–Trinajstić information content (AvgIpc) is 2.99. The number of hydrogen-bond acceptors (Lipinski definition) is 3. The summed E-state index contributed by atoms with van der Waals surface area (Å²) in [6, 6.07) is 6.41. The van der Waals surface area contributed by atoms with E-state index in [4.69, 9.17) is 0 Å². The molecule has 1 aliphatic rings. The van der Waals surface area contributed by atoms with Crippen molar-refractivity contribution in [3.8, 4) is 0 Å². The smallest absolute Gasteiger partial charge is 0.327 e. The van der Waals surface area contributed by atoms with Gasteiger partial charge in [-0.2, -0.15) is 5.10 Å². The van der Waals surface area contributed by atoms with Crippen LogP contribution in [-0.4, -0.2) is 33.2 Å². The summed E-state index contributed by atoms with van der Waals surface area (Å²) in [7, 11) is 0. The number of carboxylic acid groups (broad SMARTS) is 1. The minimum Gasteiger partial charge on any atom is -0.480 e. The van der Waals surface area contributed by atoms with Gasteiger partial charge in [-0.05, 0) is 25.5 Å². The van der Waals surface area contributed by atoms with Crippen molar-refractivity contribution in [2.75, 3.05) is 4.90 Å². The summed E-state index contributed by atoms with van der Waals surface area (Å²) in [6.07, 6.45) is 0.327. The SMILES string of the molecule is Cc1n[nH]c(C)c1C(=O)N1c2ccccc2C[C@H]1C(=O)O. The topological polar surface area (TPSA) is 86.3 Å². The van der Waals surface area contributed by atoms with E-state index in [1.165, 1.54) is 4.90 Å². The summed E-state index contributed by atoms with van der Waals surface area (Å²) in [4.78, 5) is 25.7. The van der Waals surface area contributed by atoms with Crippen molar-refractivity contribution in [3.05, 3.63) is 46.8 Å². The van der Waals surface area contributed by atoms with E-state index < -0.39 is 12.0 Å². The minimum atomic E-state index is -1.00. The van der Waals surface area contributed by atoms with Crippen molar-refractivity contribution in [2.24, 2.45) is 0 Å². The molecule has 3 rings (SSSR count). The van der Waals surface area contributed by atoms with E-state index in [-0.39, 0.29) is 5.91 Å². The first kappa shape index (κ1) is 13.4. The number of carboxylic acids is 1. The maximum Gasteiger partial charge on any atom is 0.327 e. The molecule has 0 bridgehead atoms. The quantitative estimate of drug-likeness (QED) is 0.879. The van der Waals surface area contributed by atoms with Crippen LogP contribution in [-0.2, 0) is 11.2 Å². The summed E-state index contributed by atoms with van der Waals surface area (Å²) < 4.78 is 0. The molecule has 2 N–H and O–H groups in total. The lowest BCUT2D eigenvalue weighted by Crippen LogP contribution is -2.43. The molecule has 0 saturated carbocycles. The molecule has 0 radical (unpaired) electrons. The lowest BCUT2D eigenvalue weighted by atomic mass is 10.1. The summed E-state index contributed by atoms with van der Waals surface area (Å²) in [5.74, 6) is -1.32. The number of hydrogen-bond donors (Lipinski definition) is 2. The molecular formula is C15H15N3O3. The number of benzene rings is 1. The van der Waals surface area contributed by atoms with Crippen LogP contribution in [0.25, 0.3) is 0 Å². The number of carbonyl (C=O) groups is 2. The number of rotatable bonds is 2. The number of carbonyl (C=O) groups excluding carboxylic acids is 1. The fourth-order valence-corrected chi connectivity index (χ4v) is 2.82. The van der Waals surface area contributed by atoms with E-state index in [2.05, 4.69) is 10.2 Å². The number of amides is 1. The zero-order chi connectivity index (χ0) is 15.1. The Kier molecular flexibility index (Phi) is 3.01. The molecule has 108 valence electrons. The Bertz CT molecular complexity index is 716. The van der Waals surface area contributed by atoms with Crippen LogP contribution in [0.5, 0.6) is 0 Å². The third kappa shape index (κ3) is 1.99. The molecule has 0 unspecified atom stereocenters. The van der Waals surface area contributed by atoms with E-state index in [1.807, 2.05) is 12.1 Å². The molecule has 6 nitrogen and oxygen atoms in total. The van der Waals surface area contributed by atoms with E-state index in [0.29, 0.717) is 29.1 Å². The van der Waals surface area contributed by atoms with Crippen LogP contribution < -0.4 is 4.90 Å². The van der Waals surface area contributed by atoms with Gasteiger partial charge in [0.2, 0.25) is 0 Å². The monoisotopic (exact) mass is 285 g/mol. The molecule has 2 heterocycles. The van der Waals surface area contributed by atoms with Gasteiger partial charge in [0, 0.05) is 17.8 Å². The third-order valence-electron chi connectivity index (χ3n) is 3.82. The molecule has 21 heavy (non-hydrogen) atoms. The lowest BCUT2D eigenvalue weighted by molar-refractivity contribution is -0.138. The summed E-state index contributed by atoms with van der Waals surface area (Å²) >= 11 is 0. The van der Waals surface area contributed by atoms with Crippen molar-refractivity contribution in [1.29, 1.82) is 0 Å². The first-order valence-electron chi connectivity index (χ1n) is 6.66. The van der Waals surface area contributed by atoms with Gasteiger partial charge >= 0.3 is 5.97 Å². The third-order valence-corrected chi connectivity index (χ3v) is 3.82. The number of nitrogens with one attached hydrogen (secondary N) is 1. The Morgan fingerprint density at radius 1 is 1.33 bits per heavy atom. The van der Waals surface area contributed by atoms with Crippen LogP contribution in [0, 0.1) is 13.8 Å². The maximum absolute atomic E-state index is 12.8. The van der Waals surface area contributed by atoms with Crippen molar-refractivity contribution in [1.82, 2.24) is 10.2 Å². The maximum atomic E-state index is 12.8. The first-order chi connectivity index (χ1) is 10.0. The summed E-state index contributed by atoms with van der Waals surface area (Å²) in [5, 5.41) is 16.2. The zero-order valence-electron chi connectivity index (χ0n) is 11.8. The van der Waals surface area contributed by atoms with Gasteiger partial charge in [0.1, 0.15) is 6.04 Å². The molecule has 0 saturated heterocycles. The molecule has 1 atom stereocenters. The Labute approximate surface area is 121 Å². The fraction of sp³-hybridized carbons (Fsp3) is 0.267. The molecule has 1 aromatic carbocycles. The van der Waals surface area contributed by atoms with Crippen LogP contribution in [0.1, 0.15) is 27.3 Å². The second kappa shape index (κ2) is 4.73. The minimum absolute atomic E-state index is 0.323. The Balaban J connectivity index is 2.10. The predicted octanol–water partition coefficient (Wildman–Crippen LogP) is 1.68. The molecule has 1 aromatic heterocycles. The van der Waals surface area contributed by atoms with Gasteiger partial charge in [0.05, 0.1) is 11.3 Å². The molecule has 2 aromatic rings. The number of aryl methyl sites for hydroxylation is 2. The molecule has 0 aliphatic carbocycles. The van der Waals surface area contributed by atoms with Gasteiger partial charge in [-0.25, -0.2) is 4.79 Å². The molecule has 1 amide bonds. The highest BCUT2D eigenvalue weighted by Gasteiger charge is 2.39. The highest BCUT2D eigenvalue weighted by atomic mass is 16.4. The Morgan fingerprint density at radius 3 is 2.67 bits per heavy atom. The highest BCUT2D eigenvalue weighted by molar-refractivity contribution is 6.11. The van der Waals surface area contributed by atoms with Gasteiger partial charge in [0.25, 0.3) is 5.91 Å². The van der Waals surface area contributed by atoms with E-state index in [1.54, 1.807) is 26.0 Å². The number of aliphatic carboxylic acids is 1. The largest absolute Gasteiger partial charge is 0.480 e. The van der Waals surface area contributed by atoms with Gasteiger partial charge in [-0.1, -0.05) is 18.2 Å². The number of aromatic nitrogens is 2. The van der Waals surface area contributed by atoms with Crippen LogP contribution in [0.15, 0.2) is 24.3 Å². The predicted molar refractivity (Wildman–Crippen MR) is 76.4 cm³/mol. The second-order valence-corrected chi connectivity index (χ2v) is 5.17. The van der Waals surface area contributed by atoms with Crippen molar-refractivity contribution < 1.29 is 14.7 Å². The molecule has 1 aliphatic heterocycles. The van der Waals surface area contributed by atoms with Crippen molar-refractivity contribution in [3.63, 3.8) is 0 Å². The lowest BCUT2D eigenvalue weighted by Gasteiger charge is -2.22. The number of fused-ring (bicyclic) bond motifs is 1. The summed E-state index contributed by atoms with van der Waals surface area (Å²) in [5.41, 5.74) is 3.20. The van der Waals surface area contributed by atoms with Gasteiger partial charge in [0.15, 0.2) is 0 Å². The number of H-pyrrole nitrogens is 1. The van der Waals surface area contributed by atoms with Gasteiger partial charge in [-0.15, -0.1) is 0 Å².